The summed E-state index contributed by atoms with van der Waals surface area (Å²) in [6.07, 6.45) is 0. The number of carbonyl (C=O) groups excluding carboxylic acids is 1. The molecule has 0 unspecified atom stereocenters. The van der Waals surface area contributed by atoms with Gasteiger partial charge < -0.3 is 10.0 Å². The summed E-state index contributed by atoms with van der Waals surface area (Å²) in [5.74, 6) is -0.0729. The van der Waals surface area contributed by atoms with Gasteiger partial charge in [0, 0.05) is 23.7 Å². The quantitative estimate of drug-likeness (QED) is 0.877. The Balaban J connectivity index is 2.90. The highest BCUT2D eigenvalue weighted by Gasteiger charge is 2.13. The fourth-order valence-electron chi connectivity index (χ4n) is 1.48. The number of likely N-dealkylation sites (N-methyl/N-ethyl adjacent to an activating group) is 1. The third-order valence-electron chi connectivity index (χ3n) is 2.44. The maximum Gasteiger partial charge on any atom is 0.253 e. The van der Waals surface area contributed by atoms with Gasteiger partial charge in [-0.1, -0.05) is 11.6 Å². The fourth-order valence-corrected chi connectivity index (χ4v) is 1.60. The Bertz CT molecular complexity index is 379. The summed E-state index contributed by atoms with van der Waals surface area (Å²) in [6.45, 7) is 4.67. The first kappa shape index (κ1) is 13.0. The Labute approximate surface area is 101 Å². The molecule has 1 rings (SSSR count). The Morgan fingerprint density at radius 2 is 2.19 bits per heavy atom. The van der Waals surface area contributed by atoms with Crippen molar-refractivity contribution in [2.45, 2.75) is 13.8 Å². The molecule has 1 aromatic rings. The van der Waals surface area contributed by atoms with E-state index in [1.807, 2.05) is 13.8 Å². The molecule has 3 nitrogen and oxygen atoms in total. The number of rotatable bonds is 4. The first-order valence-electron chi connectivity index (χ1n) is 5.26. The minimum Gasteiger partial charge on any atom is -0.395 e. The van der Waals surface area contributed by atoms with Crippen molar-refractivity contribution in [2.24, 2.45) is 0 Å². The maximum absolute atomic E-state index is 12.0. The predicted octanol–water partition coefficient (Wildman–Crippen LogP) is 2.10. The van der Waals surface area contributed by atoms with E-state index in [1.165, 1.54) is 0 Å². The van der Waals surface area contributed by atoms with Crippen LogP contribution < -0.4 is 0 Å². The number of nitrogens with zero attached hydrogens (tertiary/aromatic N) is 1. The van der Waals surface area contributed by atoms with Crippen LogP contribution >= 0.6 is 11.6 Å². The summed E-state index contributed by atoms with van der Waals surface area (Å²) in [4.78, 5) is 13.6. The highest BCUT2D eigenvalue weighted by atomic mass is 35.5. The summed E-state index contributed by atoms with van der Waals surface area (Å²) in [5.41, 5.74) is 1.49. The minimum absolute atomic E-state index is 0.0217. The molecule has 4 heteroatoms. The summed E-state index contributed by atoms with van der Waals surface area (Å²) in [6, 6.07) is 5.19. The minimum atomic E-state index is -0.0729. The molecule has 16 heavy (non-hydrogen) atoms. The van der Waals surface area contributed by atoms with Crippen molar-refractivity contribution in [3.05, 3.63) is 34.3 Å². The molecule has 0 bridgehead atoms. The second kappa shape index (κ2) is 5.87. The topological polar surface area (TPSA) is 40.5 Å². The SMILES string of the molecule is CCN(CCO)C(=O)c1ccc(Cl)c(C)c1. The standard InChI is InChI=1S/C12H16ClNO2/c1-3-14(6-7-15)12(16)10-4-5-11(13)9(2)8-10/h4-5,8,15H,3,6-7H2,1-2H3. The molecule has 0 aliphatic rings. The maximum atomic E-state index is 12.0. The van der Waals surface area contributed by atoms with Gasteiger partial charge in [-0.3, -0.25) is 4.79 Å². The van der Waals surface area contributed by atoms with E-state index in [4.69, 9.17) is 16.7 Å². The van der Waals surface area contributed by atoms with Gasteiger partial charge in [0.15, 0.2) is 0 Å². The number of halogens is 1. The number of aliphatic hydroxyl groups excluding tert-OH is 1. The average molecular weight is 242 g/mol. The van der Waals surface area contributed by atoms with Gasteiger partial charge in [-0.15, -0.1) is 0 Å². The molecule has 1 aromatic carbocycles. The van der Waals surface area contributed by atoms with Crippen molar-refractivity contribution in [1.29, 1.82) is 0 Å². The van der Waals surface area contributed by atoms with E-state index >= 15 is 0 Å². The lowest BCUT2D eigenvalue weighted by Gasteiger charge is -2.19. The van der Waals surface area contributed by atoms with Crippen LogP contribution in [0.25, 0.3) is 0 Å². The Morgan fingerprint density at radius 3 is 2.69 bits per heavy atom. The fraction of sp³-hybridized carbons (Fsp3) is 0.417. The lowest BCUT2D eigenvalue weighted by molar-refractivity contribution is 0.0732. The number of carbonyl (C=O) groups is 1. The largest absolute Gasteiger partial charge is 0.395 e. The molecule has 0 atom stereocenters. The zero-order chi connectivity index (χ0) is 12.1. The molecule has 0 aliphatic carbocycles. The van der Waals surface area contributed by atoms with Gasteiger partial charge in [0.05, 0.1) is 6.61 Å². The molecule has 0 saturated heterocycles. The number of benzene rings is 1. The summed E-state index contributed by atoms with van der Waals surface area (Å²) in [7, 11) is 0. The highest BCUT2D eigenvalue weighted by molar-refractivity contribution is 6.31. The van der Waals surface area contributed by atoms with E-state index in [2.05, 4.69) is 0 Å². The van der Waals surface area contributed by atoms with Crippen LogP contribution in [0.1, 0.15) is 22.8 Å². The monoisotopic (exact) mass is 241 g/mol. The molecular weight excluding hydrogens is 226 g/mol. The van der Waals surface area contributed by atoms with Gasteiger partial charge in [0.2, 0.25) is 0 Å². The van der Waals surface area contributed by atoms with Gasteiger partial charge in [-0.2, -0.15) is 0 Å². The predicted molar refractivity (Wildman–Crippen MR) is 64.9 cm³/mol. The molecule has 0 radical (unpaired) electrons. The number of hydrogen-bond acceptors (Lipinski definition) is 2. The van der Waals surface area contributed by atoms with Gasteiger partial charge in [0.1, 0.15) is 0 Å². The van der Waals surface area contributed by atoms with Crippen molar-refractivity contribution in [1.82, 2.24) is 4.90 Å². The molecule has 1 amide bonds. The second-order valence-corrected chi connectivity index (χ2v) is 3.98. The molecule has 1 N–H and O–H groups in total. The number of aryl methyl sites for hydroxylation is 1. The van der Waals surface area contributed by atoms with Crippen LogP contribution in [0.4, 0.5) is 0 Å². The Kier molecular flexibility index (Phi) is 4.77. The molecule has 0 heterocycles. The van der Waals surface area contributed by atoms with Crippen LogP contribution in [0, 0.1) is 6.92 Å². The molecule has 0 aliphatic heterocycles. The number of amides is 1. The van der Waals surface area contributed by atoms with Crippen LogP contribution in [0.15, 0.2) is 18.2 Å². The normalized spacial score (nSPS) is 10.2. The Morgan fingerprint density at radius 1 is 1.50 bits per heavy atom. The van der Waals surface area contributed by atoms with Crippen molar-refractivity contribution >= 4 is 17.5 Å². The molecule has 0 fully saturated rings. The lowest BCUT2D eigenvalue weighted by Crippen LogP contribution is -2.33. The van der Waals surface area contributed by atoms with E-state index in [-0.39, 0.29) is 12.5 Å². The smallest absolute Gasteiger partial charge is 0.253 e. The van der Waals surface area contributed by atoms with Crippen molar-refractivity contribution < 1.29 is 9.90 Å². The van der Waals surface area contributed by atoms with Crippen molar-refractivity contribution in [3.8, 4) is 0 Å². The zero-order valence-electron chi connectivity index (χ0n) is 9.53. The van der Waals surface area contributed by atoms with E-state index in [9.17, 15) is 4.79 Å². The molecular formula is C12H16ClNO2. The second-order valence-electron chi connectivity index (χ2n) is 3.57. The number of aliphatic hydroxyl groups is 1. The zero-order valence-corrected chi connectivity index (χ0v) is 10.3. The number of hydrogen-bond donors (Lipinski definition) is 1. The van der Waals surface area contributed by atoms with E-state index in [0.29, 0.717) is 23.7 Å². The first-order valence-corrected chi connectivity index (χ1v) is 5.64. The van der Waals surface area contributed by atoms with Gasteiger partial charge in [-0.25, -0.2) is 0 Å². The molecule has 0 aromatic heterocycles. The first-order chi connectivity index (χ1) is 7.60. The van der Waals surface area contributed by atoms with Crippen LogP contribution in [0.3, 0.4) is 0 Å². The van der Waals surface area contributed by atoms with Crippen molar-refractivity contribution in [2.75, 3.05) is 19.7 Å². The average Bonchev–Trinajstić information content (AvgIpc) is 2.28. The molecule has 0 spiro atoms. The van der Waals surface area contributed by atoms with Gasteiger partial charge >= 0.3 is 0 Å². The summed E-state index contributed by atoms with van der Waals surface area (Å²) >= 11 is 5.90. The van der Waals surface area contributed by atoms with Crippen LogP contribution in [-0.4, -0.2) is 35.6 Å². The lowest BCUT2D eigenvalue weighted by atomic mass is 10.1. The third-order valence-corrected chi connectivity index (χ3v) is 2.87. The Hall–Kier alpha value is -1.06. The van der Waals surface area contributed by atoms with Crippen LogP contribution in [0.2, 0.25) is 5.02 Å². The van der Waals surface area contributed by atoms with E-state index in [0.717, 1.165) is 5.56 Å². The van der Waals surface area contributed by atoms with Gasteiger partial charge in [-0.05, 0) is 37.6 Å². The highest BCUT2D eigenvalue weighted by Crippen LogP contribution is 2.17. The third kappa shape index (κ3) is 2.97. The summed E-state index contributed by atoms with van der Waals surface area (Å²) in [5, 5.41) is 9.50. The van der Waals surface area contributed by atoms with E-state index in [1.54, 1.807) is 23.1 Å². The van der Waals surface area contributed by atoms with Crippen molar-refractivity contribution in [3.63, 3.8) is 0 Å². The summed E-state index contributed by atoms with van der Waals surface area (Å²) < 4.78 is 0. The van der Waals surface area contributed by atoms with Gasteiger partial charge in [0.25, 0.3) is 5.91 Å². The molecule has 88 valence electrons. The van der Waals surface area contributed by atoms with Crippen LogP contribution in [-0.2, 0) is 0 Å². The van der Waals surface area contributed by atoms with E-state index < -0.39 is 0 Å². The molecule has 0 saturated carbocycles. The van der Waals surface area contributed by atoms with Crippen LogP contribution in [0.5, 0.6) is 0 Å².